The molecule has 18 heteroatoms. The van der Waals surface area contributed by atoms with Gasteiger partial charge in [0.15, 0.2) is 6.10 Å². The number of esters is 3. The van der Waals surface area contributed by atoms with Crippen molar-refractivity contribution in [2.24, 2.45) is 0 Å². The number of hydrogen-bond acceptors (Lipinski definition) is 14. The summed E-state index contributed by atoms with van der Waals surface area (Å²) in [5.74, 6) is -1.69. The van der Waals surface area contributed by atoms with E-state index >= 15 is 0 Å². The van der Waals surface area contributed by atoms with Gasteiger partial charge in [0.05, 0.1) is 26.4 Å². The predicted molar refractivity (Wildman–Crippen MR) is 389 cm³/mol. The lowest BCUT2D eigenvalue weighted by molar-refractivity contribution is -0.161. The van der Waals surface area contributed by atoms with E-state index in [1.165, 1.54) is 64.2 Å². The van der Waals surface area contributed by atoms with Crippen LogP contribution in [-0.4, -0.2) is 95.9 Å². The van der Waals surface area contributed by atoms with Crippen LogP contribution in [0.4, 0.5) is 0 Å². The second-order valence-corrected chi connectivity index (χ2v) is 26.5. The molecule has 0 aliphatic carbocycles. The van der Waals surface area contributed by atoms with E-state index in [0.717, 1.165) is 135 Å². The van der Waals surface area contributed by atoms with Crippen LogP contribution in [0.1, 0.15) is 265 Å². The number of aliphatic hydroxyl groups is 2. The molecule has 0 aromatic rings. The quantitative estimate of drug-likeness (QED) is 0.0146. The molecule has 0 amide bonds. The van der Waals surface area contributed by atoms with Gasteiger partial charge in [-0.3, -0.25) is 32.5 Å². The van der Waals surface area contributed by atoms with Crippen LogP contribution in [0.2, 0.25) is 0 Å². The molecule has 4 N–H and O–H groups in total. The van der Waals surface area contributed by atoms with Crippen molar-refractivity contribution in [1.29, 1.82) is 0 Å². The van der Waals surface area contributed by atoms with Gasteiger partial charge in [0.1, 0.15) is 25.4 Å². The number of phosphoric ester groups is 2. The third-order valence-corrected chi connectivity index (χ3v) is 16.5. The standard InChI is InChI=1S/C77H128O16P2/c1-4-7-10-13-16-19-22-25-28-30-32-33-34-35-36-37-39-41-43-45-48-51-54-57-60-63-75(80)87-66-72(78)67-89-94(83,84)90-68-73(79)69-91-95(85,86)92-71-74(93-77(82)65-62-59-56-53-50-47-42-27-24-21-18-15-12-9-6-3)70-88-76(81)64-61-58-55-52-49-46-44-40-38-31-29-26-23-20-17-14-11-8-5-2/h7-8,10-11,16-17,19-20,25-26,28-29,32-33,35-36,38-41,46,49,55,58,72-74,78-79H,4-6,9,12-15,18,21-24,27,30-31,34,37,42-45,47-48,50-54,56-57,59-71H2,1-3H3,(H,83,84)(H,85,86)/b10-7-,11-8-,19-16-,20-17-,28-25-,29-26-,33-32-,36-35-,40-38-,41-39-,49-46-,58-55-. The maximum absolute atomic E-state index is 12.9. The van der Waals surface area contributed by atoms with Crippen LogP contribution in [-0.2, 0) is 55.8 Å². The summed E-state index contributed by atoms with van der Waals surface area (Å²) in [5, 5.41) is 20.6. The Balaban J connectivity index is 4.68. The zero-order chi connectivity index (χ0) is 69.5. The number of allylic oxidation sites excluding steroid dienone is 24. The minimum absolute atomic E-state index is 0.0429. The number of rotatable bonds is 67. The Labute approximate surface area is 575 Å². The van der Waals surface area contributed by atoms with Crippen LogP contribution in [0.15, 0.2) is 146 Å². The number of phosphoric acid groups is 2. The Morgan fingerprint density at radius 1 is 0.305 bits per heavy atom. The first-order valence-corrected chi connectivity index (χ1v) is 39.1. The minimum atomic E-state index is -4.95. The fourth-order valence-electron chi connectivity index (χ4n) is 9.13. The van der Waals surface area contributed by atoms with Crippen molar-refractivity contribution >= 4 is 33.6 Å². The Morgan fingerprint density at radius 3 is 0.947 bits per heavy atom. The Kier molecular flexibility index (Phi) is 66.0. The van der Waals surface area contributed by atoms with E-state index in [1.54, 1.807) is 0 Å². The molecule has 5 unspecified atom stereocenters. The molecular weight excluding hydrogens is 1240 g/mol. The molecule has 542 valence electrons. The SMILES string of the molecule is CC/C=C\C/C=C\C/C=C\C/C=C\C/C=C\C/C=C\CCCCCCCCC(=O)OCC(O)COP(=O)(O)OCC(O)COP(=O)(O)OCC(COC(=O)CC/C=C\C/C=C\C/C=C\C/C=C\C/C=C\C/C=C\CC)OC(=O)CCCCCCCCCCCCCCCCC. The van der Waals surface area contributed by atoms with E-state index in [9.17, 15) is 43.5 Å². The third kappa shape index (κ3) is 70.6. The highest BCUT2D eigenvalue weighted by atomic mass is 31.2. The first-order chi connectivity index (χ1) is 46.2. The average molecular weight is 1370 g/mol. The molecule has 0 heterocycles. The number of carbonyl (C=O) groups excluding carboxylic acids is 3. The van der Waals surface area contributed by atoms with Gasteiger partial charge >= 0.3 is 33.6 Å². The van der Waals surface area contributed by atoms with Crippen molar-refractivity contribution in [3.8, 4) is 0 Å². The molecule has 0 radical (unpaired) electrons. The van der Waals surface area contributed by atoms with E-state index in [4.69, 9.17) is 32.3 Å². The summed E-state index contributed by atoms with van der Waals surface area (Å²) in [6.07, 6.45) is 83.4. The molecule has 5 atom stereocenters. The van der Waals surface area contributed by atoms with Crippen LogP contribution in [0.25, 0.3) is 0 Å². The van der Waals surface area contributed by atoms with Crippen molar-refractivity contribution in [2.45, 2.75) is 283 Å². The molecule has 0 fully saturated rings. The predicted octanol–water partition coefficient (Wildman–Crippen LogP) is 20.5. The Morgan fingerprint density at radius 2 is 0.579 bits per heavy atom. The Hall–Kier alpha value is -4.57. The smallest absolute Gasteiger partial charge is 0.463 e. The fourth-order valence-corrected chi connectivity index (χ4v) is 10.7. The number of aliphatic hydroxyl groups excluding tert-OH is 2. The Bertz CT molecular complexity index is 2310. The largest absolute Gasteiger partial charge is 0.472 e. The first kappa shape index (κ1) is 90.4. The molecule has 95 heavy (non-hydrogen) atoms. The second kappa shape index (κ2) is 69.3. The van der Waals surface area contributed by atoms with E-state index < -0.39 is 91.5 Å². The molecular formula is C77H128O16P2. The molecule has 0 spiro atoms. The molecule has 0 rings (SSSR count). The van der Waals surface area contributed by atoms with E-state index in [-0.39, 0.29) is 19.3 Å². The van der Waals surface area contributed by atoms with Crippen molar-refractivity contribution in [3.05, 3.63) is 146 Å². The highest BCUT2D eigenvalue weighted by Gasteiger charge is 2.29. The van der Waals surface area contributed by atoms with Crippen molar-refractivity contribution in [3.63, 3.8) is 0 Å². The van der Waals surface area contributed by atoms with Gasteiger partial charge in [-0.1, -0.05) is 282 Å². The second-order valence-electron chi connectivity index (χ2n) is 23.6. The fraction of sp³-hybridized carbons (Fsp3) is 0.649. The first-order valence-electron chi connectivity index (χ1n) is 36.1. The topological polar surface area (TPSA) is 231 Å². The summed E-state index contributed by atoms with van der Waals surface area (Å²) in [6.45, 7) is 2.33. The molecule has 0 bridgehead atoms. The van der Waals surface area contributed by atoms with Crippen molar-refractivity contribution < 1.29 is 75.8 Å². The molecule has 0 aromatic carbocycles. The summed E-state index contributed by atoms with van der Waals surface area (Å²) in [6, 6.07) is 0. The van der Waals surface area contributed by atoms with Crippen LogP contribution in [0.3, 0.4) is 0 Å². The number of carbonyl (C=O) groups is 3. The average Bonchev–Trinajstić information content (AvgIpc) is 2.24. The number of ether oxygens (including phenoxy) is 3. The lowest BCUT2D eigenvalue weighted by Gasteiger charge is -2.21. The summed E-state index contributed by atoms with van der Waals surface area (Å²) in [5.41, 5.74) is 0. The minimum Gasteiger partial charge on any atom is -0.463 e. The maximum atomic E-state index is 12.9. The number of hydrogen-bond donors (Lipinski definition) is 4. The number of unbranched alkanes of at least 4 members (excludes halogenated alkanes) is 20. The third-order valence-electron chi connectivity index (χ3n) is 14.6. The lowest BCUT2D eigenvalue weighted by atomic mass is 10.0. The van der Waals surface area contributed by atoms with E-state index in [2.05, 4.69) is 148 Å². The van der Waals surface area contributed by atoms with Gasteiger partial charge in [0, 0.05) is 19.3 Å². The molecule has 0 aliphatic heterocycles. The zero-order valence-corrected chi connectivity index (χ0v) is 60.6. The summed E-state index contributed by atoms with van der Waals surface area (Å²) < 4.78 is 60.9. The lowest BCUT2D eigenvalue weighted by Crippen LogP contribution is -2.30. The van der Waals surface area contributed by atoms with Crippen LogP contribution in [0.5, 0.6) is 0 Å². The van der Waals surface area contributed by atoms with Crippen LogP contribution in [0, 0.1) is 0 Å². The van der Waals surface area contributed by atoms with E-state index in [1.807, 2.05) is 18.2 Å². The molecule has 0 aliphatic rings. The molecule has 16 nitrogen and oxygen atoms in total. The van der Waals surface area contributed by atoms with Crippen LogP contribution < -0.4 is 0 Å². The molecule has 0 aromatic heterocycles. The van der Waals surface area contributed by atoms with Gasteiger partial charge in [-0.05, 0) is 109 Å². The van der Waals surface area contributed by atoms with Gasteiger partial charge in [-0.2, -0.15) is 0 Å². The zero-order valence-electron chi connectivity index (χ0n) is 58.8. The summed E-state index contributed by atoms with van der Waals surface area (Å²) >= 11 is 0. The van der Waals surface area contributed by atoms with Gasteiger partial charge in [0.25, 0.3) is 0 Å². The maximum Gasteiger partial charge on any atom is 0.472 e. The van der Waals surface area contributed by atoms with Crippen molar-refractivity contribution in [1.82, 2.24) is 0 Å². The highest BCUT2D eigenvalue weighted by Crippen LogP contribution is 2.45. The van der Waals surface area contributed by atoms with Gasteiger partial charge in [-0.15, -0.1) is 0 Å². The van der Waals surface area contributed by atoms with Crippen molar-refractivity contribution in [2.75, 3.05) is 39.6 Å². The van der Waals surface area contributed by atoms with Gasteiger partial charge < -0.3 is 34.2 Å². The van der Waals surface area contributed by atoms with Gasteiger partial charge in [0.2, 0.25) is 0 Å². The highest BCUT2D eigenvalue weighted by molar-refractivity contribution is 7.47. The summed E-state index contributed by atoms with van der Waals surface area (Å²) in [4.78, 5) is 58.4. The monoisotopic (exact) mass is 1370 g/mol. The van der Waals surface area contributed by atoms with Crippen LogP contribution >= 0.6 is 15.6 Å². The molecule has 0 saturated carbocycles. The molecule has 0 saturated heterocycles. The van der Waals surface area contributed by atoms with E-state index in [0.29, 0.717) is 25.7 Å². The summed E-state index contributed by atoms with van der Waals surface area (Å²) in [7, 11) is -9.81. The normalized spacial score (nSPS) is 15.0. The van der Waals surface area contributed by atoms with Gasteiger partial charge in [-0.25, -0.2) is 9.13 Å².